The number of benzene rings is 3. The molecular weight excluding hydrogens is 342 g/mol. The van der Waals surface area contributed by atoms with Crippen molar-refractivity contribution in [3.63, 3.8) is 0 Å². The van der Waals surface area contributed by atoms with Crippen molar-refractivity contribution in [2.75, 3.05) is 0 Å². The van der Waals surface area contributed by atoms with E-state index in [9.17, 15) is 10.5 Å². The van der Waals surface area contributed by atoms with E-state index in [1.54, 1.807) is 18.3 Å². The molecule has 0 aliphatic carbocycles. The molecule has 0 atom stereocenters. The van der Waals surface area contributed by atoms with Crippen LogP contribution in [0.4, 0.5) is 0 Å². The topological polar surface area (TPSA) is 60.5 Å². The Balaban J connectivity index is 1.88. The molecule has 0 unspecified atom stereocenters. The summed E-state index contributed by atoms with van der Waals surface area (Å²) in [5, 5.41) is 19.5. The number of nitrogens with zero attached hydrogens (tertiary/aromatic N) is 3. The van der Waals surface area contributed by atoms with Gasteiger partial charge < -0.3 is 0 Å². The van der Waals surface area contributed by atoms with E-state index in [1.165, 1.54) is 0 Å². The summed E-state index contributed by atoms with van der Waals surface area (Å²) < 4.78 is 0. The number of aromatic nitrogens is 1. The van der Waals surface area contributed by atoms with Gasteiger partial charge >= 0.3 is 0 Å². The molecule has 0 saturated carbocycles. The minimum absolute atomic E-state index is 0.538. The molecule has 28 heavy (non-hydrogen) atoms. The summed E-state index contributed by atoms with van der Waals surface area (Å²) in [4.78, 5) is 4.40. The fourth-order valence-electron chi connectivity index (χ4n) is 3.26. The van der Waals surface area contributed by atoms with Crippen molar-refractivity contribution in [3.05, 3.63) is 102 Å². The van der Waals surface area contributed by atoms with Gasteiger partial charge in [0, 0.05) is 22.9 Å². The summed E-state index contributed by atoms with van der Waals surface area (Å²) in [5.41, 5.74) is 6.23. The van der Waals surface area contributed by atoms with E-state index in [4.69, 9.17) is 0 Å². The third-order valence-electron chi connectivity index (χ3n) is 4.62. The third-order valence-corrected chi connectivity index (χ3v) is 4.62. The van der Waals surface area contributed by atoms with Gasteiger partial charge in [-0.05, 0) is 41.5 Å². The minimum atomic E-state index is 0.538. The summed E-state index contributed by atoms with van der Waals surface area (Å²) in [6.07, 6.45) is 1.76. The van der Waals surface area contributed by atoms with Crippen LogP contribution in [0.5, 0.6) is 0 Å². The molecule has 0 N–H and O–H groups in total. The van der Waals surface area contributed by atoms with Gasteiger partial charge in [-0.2, -0.15) is 10.5 Å². The molecule has 0 saturated heterocycles. The van der Waals surface area contributed by atoms with Crippen LogP contribution in [0.15, 0.2) is 91.1 Å². The van der Waals surface area contributed by atoms with E-state index >= 15 is 0 Å². The van der Waals surface area contributed by atoms with Gasteiger partial charge in [0.1, 0.15) is 0 Å². The molecule has 130 valence electrons. The molecule has 3 aromatic carbocycles. The smallest absolute Gasteiger partial charge is 0.0998 e. The highest BCUT2D eigenvalue weighted by molar-refractivity contribution is 5.82. The van der Waals surface area contributed by atoms with Crippen molar-refractivity contribution < 1.29 is 0 Å². The lowest BCUT2D eigenvalue weighted by Crippen LogP contribution is -1.92. The summed E-state index contributed by atoms with van der Waals surface area (Å²) in [6.45, 7) is 0. The van der Waals surface area contributed by atoms with Gasteiger partial charge in [-0.15, -0.1) is 0 Å². The molecule has 4 rings (SSSR count). The average Bonchev–Trinajstić information content (AvgIpc) is 2.79. The molecule has 0 aliphatic rings. The van der Waals surface area contributed by atoms with Crippen molar-refractivity contribution in [2.24, 2.45) is 0 Å². The SMILES string of the molecule is N#Cc1cc(-c2cccc(-c3ccccn3)c2)c(C#N)cc1-c1ccccc1. The Hall–Kier alpha value is -4.21. The van der Waals surface area contributed by atoms with Crippen LogP contribution in [0.2, 0.25) is 0 Å². The number of pyridine rings is 1. The molecule has 3 nitrogen and oxygen atoms in total. The van der Waals surface area contributed by atoms with Crippen LogP contribution in [-0.4, -0.2) is 4.98 Å². The molecule has 3 heteroatoms. The largest absolute Gasteiger partial charge is 0.256 e. The Morgan fingerprint density at radius 3 is 1.82 bits per heavy atom. The van der Waals surface area contributed by atoms with E-state index in [1.807, 2.05) is 72.8 Å². The normalized spacial score (nSPS) is 10.1. The van der Waals surface area contributed by atoms with Gasteiger partial charge in [-0.3, -0.25) is 4.98 Å². The van der Waals surface area contributed by atoms with Gasteiger partial charge in [-0.1, -0.05) is 54.6 Å². The average molecular weight is 357 g/mol. The van der Waals surface area contributed by atoms with Crippen LogP contribution < -0.4 is 0 Å². The Morgan fingerprint density at radius 2 is 1.18 bits per heavy atom. The van der Waals surface area contributed by atoms with E-state index in [0.29, 0.717) is 11.1 Å². The second-order valence-electron chi connectivity index (χ2n) is 6.33. The molecule has 1 heterocycles. The number of hydrogen-bond donors (Lipinski definition) is 0. The number of nitriles is 2. The molecule has 0 spiro atoms. The number of hydrogen-bond acceptors (Lipinski definition) is 3. The van der Waals surface area contributed by atoms with Crippen molar-refractivity contribution >= 4 is 0 Å². The zero-order valence-electron chi connectivity index (χ0n) is 15.0. The van der Waals surface area contributed by atoms with Gasteiger partial charge in [0.25, 0.3) is 0 Å². The molecule has 0 aliphatic heterocycles. The van der Waals surface area contributed by atoms with Crippen LogP contribution in [-0.2, 0) is 0 Å². The van der Waals surface area contributed by atoms with Crippen LogP contribution >= 0.6 is 0 Å². The van der Waals surface area contributed by atoms with Gasteiger partial charge in [-0.25, -0.2) is 0 Å². The third kappa shape index (κ3) is 3.26. The van der Waals surface area contributed by atoms with E-state index in [0.717, 1.165) is 33.5 Å². The van der Waals surface area contributed by atoms with Crippen LogP contribution in [0, 0.1) is 22.7 Å². The molecule has 1 aromatic heterocycles. The minimum Gasteiger partial charge on any atom is -0.256 e. The second-order valence-corrected chi connectivity index (χ2v) is 6.33. The first-order chi connectivity index (χ1) is 13.8. The predicted molar refractivity (Wildman–Crippen MR) is 110 cm³/mol. The van der Waals surface area contributed by atoms with Crippen molar-refractivity contribution in [1.82, 2.24) is 4.98 Å². The van der Waals surface area contributed by atoms with E-state index < -0.39 is 0 Å². The highest BCUT2D eigenvalue weighted by Crippen LogP contribution is 2.33. The Kier molecular flexibility index (Phi) is 4.66. The lowest BCUT2D eigenvalue weighted by atomic mass is 9.91. The predicted octanol–water partition coefficient (Wildman–Crippen LogP) is 5.83. The van der Waals surface area contributed by atoms with E-state index in [-0.39, 0.29) is 0 Å². The van der Waals surface area contributed by atoms with Gasteiger partial charge in [0.05, 0.1) is 29.0 Å². The first-order valence-corrected chi connectivity index (χ1v) is 8.85. The standard InChI is InChI=1S/C25H15N3/c26-16-21-15-24(22(17-27)14-23(21)18-7-2-1-3-8-18)19-9-6-10-20(13-19)25-11-4-5-12-28-25/h1-15H. The Labute approximate surface area is 163 Å². The van der Waals surface area contributed by atoms with Crippen molar-refractivity contribution in [1.29, 1.82) is 10.5 Å². The van der Waals surface area contributed by atoms with Crippen LogP contribution in [0.3, 0.4) is 0 Å². The Morgan fingerprint density at radius 1 is 0.571 bits per heavy atom. The van der Waals surface area contributed by atoms with Crippen LogP contribution in [0.25, 0.3) is 33.5 Å². The fraction of sp³-hybridized carbons (Fsp3) is 0. The van der Waals surface area contributed by atoms with Gasteiger partial charge in [0.15, 0.2) is 0 Å². The maximum Gasteiger partial charge on any atom is 0.0998 e. The molecule has 0 bridgehead atoms. The maximum atomic E-state index is 9.76. The van der Waals surface area contributed by atoms with Crippen molar-refractivity contribution in [2.45, 2.75) is 0 Å². The van der Waals surface area contributed by atoms with Gasteiger partial charge in [0.2, 0.25) is 0 Å². The zero-order chi connectivity index (χ0) is 19.3. The second kappa shape index (κ2) is 7.58. The molecule has 0 fully saturated rings. The number of rotatable bonds is 3. The summed E-state index contributed by atoms with van der Waals surface area (Å²) in [5.74, 6) is 0. The summed E-state index contributed by atoms with van der Waals surface area (Å²) in [7, 11) is 0. The first-order valence-electron chi connectivity index (χ1n) is 8.85. The maximum absolute atomic E-state index is 9.76. The van der Waals surface area contributed by atoms with E-state index in [2.05, 4.69) is 17.1 Å². The summed E-state index contributed by atoms with van der Waals surface area (Å²) in [6, 6.07) is 31.5. The lowest BCUT2D eigenvalue weighted by Gasteiger charge is -2.11. The first kappa shape index (κ1) is 17.2. The zero-order valence-corrected chi connectivity index (χ0v) is 15.0. The molecular formula is C25H15N3. The fourth-order valence-corrected chi connectivity index (χ4v) is 3.26. The molecule has 0 amide bonds. The lowest BCUT2D eigenvalue weighted by molar-refractivity contribution is 1.33. The monoisotopic (exact) mass is 357 g/mol. The Bertz CT molecular complexity index is 1210. The summed E-state index contributed by atoms with van der Waals surface area (Å²) >= 11 is 0. The molecule has 0 radical (unpaired) electrons. The highest BCUT2D eigenvalue weighted by Gasteiger charge is 2.13. The molecule has 4 aromatic rings. The van der Waals surface area contributed by atoms with Crippen molar-refractivity contribution in [3.8, 4) is 45.6 Å². The highest BCUT2D eigenvalue weighted by atomic mass is 14.7. The van der Waals surface area contributed by atoms with Crippen LogP contribution in [0.1, 0.15) is 11.1 Å². The quantitative estimate of drug-likeness (QED) is 0.464.